The van der Waals surface area contributed by atoms with Crippen LogP contribution in [-0.2, 0) is 4.79 Å². The molecule has 0 aliphatic carbocycles. The van der Waals surface area contributed by atoms with E-state index in [9.17, 15) is 9.59 Å². The largest absolute Gasteiger partial charge is 0.478 e. The van der Waals surface area contributed by atoms with Crippen LogP contribution in [0.1, 0.15) is 29.6 Å². The fourth-order valence-electron chi connectivity index (χ4n) is 4.04. The van der Waals surface area contributed by atoms with Crippen LogP contribution in [0.3, 0.4) is 0 Å². The number of likely N-dealkylation sites (tertiary alicyclic amines) is 1. The van der Waals surface area contributed by atoms with Crippen molar-refractivity contribution in [3.05, 3.63) is 36.2 Å². The molecule has 1 N–H and O–H groups in total. The summed E-state index contributed by atoms with van der Waals surface area (Å²) in [5, 5.41) is 9.17. The fourth-order valence-corrected chi connectivity index (χ4v) is 4.04. The van der Waals surface area contributed by atoms with E-state index < -0.39 is 5.97 Å². The molecule has 0 bridgehead atoms. The Bertz CT molecular complexity index is 902. The van der Waals surface area contributed by atoms with Crippen LogP contribution < -0.4 is 4.90 Å². The van der Waals surface area contributed by atoms with E-state index in [1.54, 1.807) is 12.3 Å². The Morgan fingerprint density at radius 2 is 1.96 bits per heavy atom. The van der Waals surface area contributed by atoms with Gasteiger partial charge in [0.15, 0.2) is 0 Å². The lowest BCUT2D eigenvalue weighted by atomic mass is 9.78. The van der Waals surface area contributed by atoms with E-state index in [-0.39, 0.29) is 16.9 Å². The predicted molar refractivity (Wildman–Crippen MR) is 98.4 cm³/mol. The van der Waals surface area contributed by atoms with Crippen molar-refractivity contribution in [3.8, 4) is 11.4 Å². The van der Waals surface area contributed by atoms with Gasteiger partial charge in [0.1, 0.15) is 0 Å². The number of carbonyl (C=O) groups is 2. The van der Waals surface area contributed by atoms with Gasteiger partial charge >= 0.3 is 5.97 Å². The van der Waals surface area contributed by atoms with Crippen molar-refractivity contribution in [2.24, 2.45) is 5.41 Å². The molecule has 1 amide bonds. The molecule has 140 valence electrons. The third kappa shape index (κ3) is 3.11. The highest BCUT2D eigenvalue weighted by Gasteiger charge is 2.48. The molecule has 2 aliphatic rings. The Balaban J connectivity index is 1.60. The average Bonchev–Trinajstić information content (AvgIpc) is 3.11. The second kappa shape index (κ2) is 6.61. The summed E-state index contributed by atoms with van der Waals surface area (Å²) < 4.78 is 0. The molecule has 2 fully saturated rings. The lowest BCUT2D eigenvalue weighted by Gasteiger charge is -2.37. The quantitative estimate of drug-likeness (QED) is 0.881. The summed E-state index contributed by atoms with van der Waals surface area (Å²) in [7, 11) is 1.87. The van der Waals surface area contributed by atoms with Gasteiger partial charge in [-0.2, -0.15) is 0 Å². The van der Waals surface area contributed by atoms with E-state index in [2.05, 4.69) is 15.0 Å². The highest BCUT2D eigenvalue weighted by atomic mass is 16.4. The molecule has 0 saturated carbocycles. The van der Waals surface area contributed by atoms with Gasteiger partial charge < -0.3 is 14.9 Å². The van der Waals surface area contributed by atoms with Gasteiger partial charge in [0, 0.05) is 39.1 Å². The topological polar surface area (TPSA) is 99.5 Å². The summed E-state index contributed by atoms with van der Waals surface area (Å²) in [6.45, 7) is 2.16. The highest BCUT2D eigenvalue weighted by molar-refractivity contribution is 5.88. The zero-order valence-electron chi connectivity index (χ0n) is 15.1. The number of hydrogen-bond acceptors (Lipinski definition) is 6. The van der Waals surface area contributed by atoms with Crippen LogP contribution in [0.15, 0.2) is 30.6 Å². The first-order valence-electron chi connectivity index (χ1n) is 9.02. The van der Waals surface area contributed by atoms with Gasteiger partial charge in [-0.3, -0.25) is 9.78 Å². The van der Waals surface area contributed by atoms with E-state index in [0.717, 1.165) is 32.4 Å². The molecule has 1 atom stereocenters. The van der Waals surface area contributed by atoms with Crippen molar-refractivity contribution in [2.45, 2.75) is 19.3 Å². The fraction of sp³-hybridized carbons (Fsp3) is 0.421. The molecular weight excluding hydrogens is 346 g/mol. The Morgan fingerprint density at radius 1 is 1.15 bits per heavy atom. The van der Waals surface area contributed by atoms with Crippen LogP contribution in [0, 0.1) is 5.41 Å². The molecule has 2 aromatic rings. The number of anilines is 1. The summed E-state index contributed by atoms with van der Waals surface area (Å²) in [5.41, 5.74) is 0.876. The zero-order chi connectivity index (χ0) is 19.0. The second-order valence-electron chi connectivity index (χ2n) is 7.26. The van der Waals surface area contributed by atoms with Crippen molar-refractivity contribution in [2.75, 3.05) is 31.6 Å². The van der Waals surface area contributed by atoms with Gasteiger partial charge in [-0.15, -0.1) is 0 Å². The zero-order valence-corrected chi connectivity index (χ0v) is 15.1. The minimum atomic E-state index is -1.01. The average molecular weight is 367 g/mol. The minimum absolute atomic E-state index is 0.163. The molecule has 4 heterocycles. The van der Waals surface area contributed by atoms with Gasteiger partial charge in [0.05, 0.1) is 22.4 Å². The molecule has 1 spiro atoms. The molecule has 8 nitrogen and oxygen atoms in total. The lowest BCUT2D eigenvalue weighted by Crippen LogP contribution is -2.48. The molecule has 0 radical (unpaired) electrons. The number of carbonyl (C=O) groups excluding carboxylic acids is 1. The maximum Gasteiger partial charge on any atom is 0.335 e. The van der Waals surface area contributed by atoms with Crippen LogP contribution in [0.25, 0.3) is 11.4 Å². The molecule has 4 rings (SSSR count). The first-order valence-corrected chi connectivity index (χ1v) is 9.02. The highest BCUT2D eigenvalue weighted by Crippen LogP contribution is 2.40. The molecule has 2 aliphatic heterocycles. The number of nitrogens with zero attached hydrogens (tertiary/aromatic N) is 5. The minimum Gasteiger partial charge on any atom is -0.478 e. The van der Waals surface area contributed by atoms with Crippen molar-refractivity contribution in [3.63, 3.8) is 0 Å². The Hall–Kier alpha value is -3.03. The molecule has 8 heteroatoms. The van der Waals surface area contributed by atoms with Gasteiger partial charge in [0.25, 0.3) is 0 Å². The van der Waals surface area contributed by atoms with Crippen LogP contribution in [0.2, 0.25) is 0 Å². The summed E-state index contributed by atoms with van der Waals surface area (Å²) >= 11 is 0. The number of carboxylic acids is 1. The van der Waals surface area contributed by atoms with Crippen LogP contribution >= 0.6 is 0 Å². The van der Waals surface area contributed by atoms with Crippen molar-refractivity contribution >= 4 is 17.8 Å². The summed E-state index contributed by atoms with van der Waals surface area (Å²) in [4.78, 5) is 40.9. The smallest absolute Gasteiger partial charge is 0.335 e. The van der Waals surface area contributed by atoms with Gasteiger partial charge in [-0.1, -0.05) is 0 Å². The number of pyridine rings is 1. The normalized spacial score (nSPS) is 22.5. The number of aromatic nitrogens is 3. The van der Waals surface area contributed by atoms with E-state index in [0.29, 0.717) is 23.9 Å². The van der Waals surface area contributed by atoms with Crippen LogP contribution in [0.5, 0.6) is 0 Å². The van der Waals surface area contributed by atoms with Crippen molar-refractivity contribution < 1.29 is 14.7 Å². The standard InChI is InChI=1S/C19H21N5O3/c1-23-9-2-5-19(17(23)27)6-10-24(12-19)18-21-8-4-14(22-18)15-11-13(16(25)26)3-7-20-15/h3-4,7-8,11H,2,5-6,9-10,12H2,1H3,(H,25,26)/t19-/m1/s1. The maximum atomic E-state index is 12.7. The van der Waals surface area contributed by atoms with Gasteiger partial charge in [-0.05, 0) is 37.5 Å². The van der Waals surface area contributed by atoms with E-state index >= 15 is 0 Å². The Labute approximate surface area is 156 Å². The third-order valence-corrected chi connectivity index (χ3v) is 5.50. The number of hydrogen-bond donors (Lipinski definition) is 1. The van der Waals surface area contributed by atoms with Crippen LogP contribution in [0.4, 0.5) is 5.95 Å². The molecule has 2 saturated heterocycles. The number of rotatable bonds is 3. The number of piperidine rings is 1. The summed E-state index contributed by atoms with van der Waals surface area (Å²) in [6.07, 6.45) is 5.82. The Morgan fingerprint density at radius 3 is 2.78 bits per heavy atom. The Kier molecular flexibility index (Phi) is 4.25. The number of amides is 1. The third-order valence-electron chi connectivity index (χ3n) is 5.50. The maximum absolute atomic E-state index is 12.7. The first kappa shape index (κ1) is 17.4. The first-order chi connectivity index (χ1) is 13.0. The SMILES string of the molecule is CN1CCC[C@]2(CCN(c3nccc(-c4cc(C(=O)O)ccn4)n3)C2)C1=O. The van der Waals surface area contributed by atoms with Crippen LogP contribution in [-0.4, -0.2) is 63.5 Å². The molecule has 0 unspecified atom stereocenters. The van der Waals surface area contributed by atoms with Crippen molar-refractivity contribution in [1.29, 1.82) is 0 Å². The molecule has 27 heavy (non-hydrogen) atoms. The summed E-state index contributed by atoms with van der Waals surface area (Å²) in [5.74, 6) is -0.245. The molecule has 2 aromatic heterocycles. The van der Waals surface area contributed by atoms with E-state index in [4.69, 9.17) is 5.11 Å². The van der Waals surface area contributed by atoms with Gasteiger partial charge in [-0.25, -0.2) is 14.8 Å². The number of aromatic carboxylic acids is 1. The van der Waals surface area contributed by atoms with E-state index in [1.807, 2.05) is 16.8 Å². The molecular formula is C19H21N5O3. The van der Waals surface area contributed by atoms with Crippen molar-refractivity contribution in [1.82, 2.24) is 19.9 Å². The monoisotopic (exact) mass is 367 g/mol. The number of carboxylic acid groups (broad SMARTS) is 1. The second-order valence-corrected chi connectivity index (χ2v) is 7.26. The summed E-state index contributed by atoms with van der Waals surface area (Å²) in [6, 6.07) is 4.66. The lowest BCUT2D eigenvalue weighted by molar-refractivity contribution is -0.143. The van der Waals surface area contributed by atoms with E-state index in [1.165, 1.54) is 18.3 Å². The predicted octanol–water partition coefficient (Wildman–Crippen LogP) is 1.69. The molecule has 0 aromatic carbocycles. The van der Waals surface area contributed by atoms with Gasteiger partial charge in [0.2, 0.25) is 11.9 Å².